The highest BCUT2D eigenvalue weighted by molar-refractivity contribution is 5.68. The first kappa shape index (κ1) is 8.56. The Morgan fingerprint density at radius 2 is 1.71 bits per heavy atom. The summed E-state index contributed by atoms with van der Waals surface area (Å²) in [6.45, 7) is 0. The molecule has 0 atom stereocenters. The molecule has 0 aliphatic heterocycles. The molecule has 0 spiro atoms. The summed E-state index contributed by atoms with van der Waals surface area (Å²) in [5.74, 6) is 0.115. The van der Waals surface area contributed by atoms with Gasteiger partial charge in [0.2, 0.25) is 0 Å². The molecule has 0 bridgehead atoms. The van der Waals surface area contributed by atoms with Gasteiger partial charge in [0, 0.05) is 11.8 Å². The molecule has 0 amide bonds. The molecule has 2 rings (SSSR count). The van der Waals surface area contributed by atoms with Gasteiger partial charge in [-0.15, -0.1) is 0 Å². The van der Waals surface area contributed by atoms with Gasteiger partial charge >= 0.3 is 0 Å². The van der Waals surface area contributed by atoms with E-state index in [0.29, 0.717) is 11.1 Å². The Morgan fingerprint density at radius 1 is 1.00 bits per heavy atom. The second kappa shape index (κ2) is 3.38. The molecule has 0 unspecified atom stereocenters. The van der Waals surface area contributed by atoms with E-state index in [9.17, 15) is 9.90 Å². The van der Waals surface area contributed by atoms with E-state index in [1.165, 1.54) is 0 Å². The number of aromatic amines is 1. The minimum atomic E-state index is -0.200. The lowest BCUT2D eigenvalue weighted by Gasteiger charge is -2.01. The summed E-state index contributed by atoms with van der Waals surface area (Å²) < 4.78 is 0. The van der Waals surface area contributed by atoms with Gasteiger partial charge in [0.1, 0.15) is 5.75 Å². The minimum absolute atomic E-state index is 0.115. The number of phenolic OH excluding ortho intramolecular Hbond substituents is 1. The fourth-order valence-electron chi connectivity index (χ4n) is 1.34. The summed E-state index contributed by atoms with van der Waals surface area (Å²) in [7, 11) is 0. The zero-order valence-electron chi connectivity index (χ0n) is 7.40. The van der Waals surface area contributed by atoms with Crippen LogP contribution >= 0.6 is 0 Å². The number of pyridine rings is 1. The number of phenols is 1. The lowest BCUT2D eigenvalue weighted by atomic mass is 10.1. The van der Waals surface area contributed by atoms with Crippen LogP contribution in [0.2, 0.25) is 0 Å². The Kier molecular flexibility index (Phi) is 2.07. The number of H-pyrrole nitrogens is 1. The van der Waals surface area contributed by atoms with Crippen molar-refractivity contribution < 1.29 is 5.11 Å². The van der Waals surface area contributed by atoms with Crippen LogP contribution in [0.3, 0.4) is 0 Å². The maximum Gasteiger partial charge on any atom is 0.255 e. The molecular weight excluding hydrogens is 178 g/mol. The summed E-state index contributed by atoms with van der Waals surface area (Å²) >= 11 is 0. The van der Waals surface area contributed by atoms with Crippen LogP contribution in [0.15, 0.2) is 47.4 Å². The molecule has 0 aliphatic rings. The highest BCUT2D eigenvalue weighted by atomic mass is 16.3. The molecule has 1 aromatic carbocycles. The molecule has 3 heteroatoms. The van der Waals surface area contributed by atoms with Gasteiger partial charge in [-0.3, -0.25) is 4.79 Å². The zero-order chi connectivity index (χ0) is 9.97. The Labute approximate surface area is 80.7 Å². The first-order valence-electron chi connectivity index (χ1n) is 4.25. The van der Waals surface area contributed by atoms with E-state index >= 15 is 0 Å². The number of benzene rings is 1. The predicted molar refractivity (Wildman–Crippen MR) is 54.2 cm³/mol. The first-order valence-corrected chi connectivity index (χ1v) is 4.25. The van der Waals surface area contributed by atoms with Gasteiger partial charge in [-0.2, -0.15) is 0 Å². The van der Waals surface area contributed by atoms with Gasteiger partial charge in [0.15, 0.2) is 0 Å². The van der Waals surface area contributed by atoms with Crippen molar-refractivity contribution in [3.63, 3.8) is 0 Å². The van der Waals surface area contributed by atoms with Crippen molar-refractivity contribution >= 4 is 0 Å². The first-order chi connectivity index (χ1) is 6.79. The van der Waals surface area contributed by atoms with Crippen LogP contribution in [-0.2, 0) is 0 Å². The standard InChI is InChI=1S/C11H9NO2/c13-10-6-2-1-4-8(10)9-5-3-7-12-11(9)14/h1-7,13H,(H,12,14). The summed E-state index contributed by atoms with van der Waals surface area (Å²) in [4.78, 5) is 14.0. The molecule has 70 valence electrons. The van der Waals surface area contributed by atoms with Crippen LogP contribution in [0, 0.1) is 0 Å². The fourth-order valence-corrected chi connectivity index (χ4v) is 1.34. The molecule has 0 saturated carbocycles. The highest BCUT2D eigenvalue weighted by Gasteiger charge is 2.05. The Bertz CT molecular complexity index is 502. The molecule has 0 fully saturated rings. The monoisotopic (exact) mass is 187 g/mol. The fraction of sp³-hybridized carbons (Fsp3) is 0. The Morgan fingerprint density at radius 3 is 2.43 bits per heavy atom. The van der Waals surface area contributed by atoms with Crippen molar-refractivity contribution in [2.24, 2.45) is 0 Å². The summed E-state index contributed by atoms with van der Waals surface area (Å²) in [5.41, 5.74) is 0.828. The lowest BCUT2D eigenvalue weighted by molar-refractivity contribution is 0.477. The van der Waals surface area contributed by atoms with Crippen LogP contribution in [0.4, 0.5) is 0 Å². The lowest BCUT2D eigenvalue weighted by Crippen LogP contribution is -2.06. The highest BCUT2D eigenvalue weighted by Crippen LogP contribution is 2.25. The number of aromatic hydroxyl groups is 1. The van der Waals surface area contributed by atoms with E-state index in [1.54, 1.807) is 42.6 Å². The average Bonchev–Trinajstić information content (AvgIpc) is 2.20. The molecule has 0 aliphatic carbocycles. The van der Waals surface area contributed by atoms with Crippen molar-refractivity contribution in [1.29, 1.82) is 0 Å². The second-order valence-corrected chi connectivity index (χ2v) is 2.93. The van der Waals surface area contributed by atoms with Crippen LogP contribution in [0.1, 0.15) is 0 Å². The summed E-state index contributed by atoms with van der Waals surface area (Å²) in [6.07, 6.45) is 1.56. The number of nitrogens with one attached hydrogen (secondary N) is 1. The van der Waals surface area contributed by atoms with Crippen LogP contribution in [0.25, 0.3) is 11.1 Å². The van der Waals surface area contributed by atoms with Crippen LogP contribution in [-0.4, -0.2) is 10.1 Å². The molecule has 1 aromatic heterocycles. The Hall–Kier alpha value is -2.03. The molecule has 14 heavy (non-hydrogen) atoms. The van der Waals surface area contributed by atoms with Gasteiger partial charge in [-0.25, -0.2) is 0 Å². The van der Waals surface area contributed by atoms with E-state index < -0.39 is 0 Å². The van der Waals surface area contributed by atoms with E-state index in [-0.39, 0.29) is 11.3 Å². The van der Waals surface area contributed by atoms with Crippen molar-refractivity contribution in [2.45, 2.75) is 0 Å². The van der Waals surface area contributed by atoms with E-state index in [1.807, 2.05) is 0 Å². The molecule has 0 saturated heterocycles. The molecule has 0 radical (unpaired) electrons. The Balaban J connectivity index is 2.67. The quantitative estimate of drug-likeness (QED) is 0.714. The third-order valence-corrected chi connectivity index (χ3v) is 2.01. The molecule has 3 nitrogen and oxygen atoms in total. The van der Waals surface area contributed by atoms with Gasteiger partial charge in [0.25, 0.3) is 5.56 Å². The summed E-state index contributed by atoms with van der Waals surface area (Å²) in [5, 5.41) is 9.54. The molecular formula is C11H9NO2. The van der Waals surface area contributed by atoms with Crippen molar-refractivity contribution in [1.82, 2.24) is 4.98 Å². The van der Waals surface area contributed by atoms with E-state index in [4.69, 9.17) is 0 Å². The van der Waals surface area contributed by atoms with Gasteiger partial charge in [-0.1, -0.05) is 18.2 Å². The predicted octanol–water partition coefficient (Wildman–Crippen LogP) is 1.75. The average molecular weight is 187 g/mol. The maximum atomic E-state index is 11.4. The van der Waals surface area contributed by atoms with Gasteiger partial charge in [-0.05, 0) is 18.2 Å². The largest absolute Gasteiger partial charge is 0.507 e. The minimum Gasteiger partial charge on any atom is -0.507 e. The summed E-state index contributed by atoms with van der Waals surface area (Å²) in [6, 6.07) is 10.2. The second-order valence-electron chi connectivity index (χ2n) is 2.93. The number of para-hydroxylation sites is 1. The SMILES string of the molecule is O=c1[nH]cccc1-c1ccccc1O. The van der Waals surface area contributed by atoms with Crippen LogP contribution in [0.5, 0.6) is 5.75 Å². The number of rotatable bonds is 1. The van der Waals surface area contributed by atoms with Gasteiger partial charge in [0.05, 0.1) is 5.56 Å². The molecule has 1 heterocycles. The smallest absolute Gasteiger partial charge is 0.255 e. The topological polar surface area (TPSA) is 53.1 Å². The number of aromatic nitrogens is 1. The molecule has 2 aromatic rings. The number of hydrogen-bond acceptors (Lipinski definition) is 2. The normalized spacial score (nSPS) is 10.0. The maximum absolute atomic E-state index is 11.4. The van der Waals surface area contributed by atoms with E-state index in [2.05, 4.69) is 4.98 Å². The third kappa shape index (κ3) is 1.40. The third-order valence-electron chi connectivity index (χ3n) is 2.01. The zero-order valence-corrected chi connectivity index (χ0v) is 7.40. The van der Waals surface area contributed by atoms with E-state index in [0.717, 1.165) is 0 Å². The molecule has 2 N–H and O–H groups in total. The van der Waals surface area contributed by atoms with Gasteiger partial charge < -0.3 is 10.1 Å². The number of hydrogen-bond donors (Lipinski definition) is 2. The van der Waals surface area contributed by atoms with Crippen molar-refractivity contribution in [3.05, 3.63) is 52.9 Å². The van der Waals surface area contributed by atoms with Crippen molar-refractivity contribution in [2.75, 3.05) is 0 Å². The van der Waals surface area contributed by atoms with Crippen molar-refractivity contribution in [3.8, 4) is 16.9 Å². The van der Waals surface area contributed by atoms with Crippen LogP contribution < -0.4 is 5.56 Å².